The Morgan fingerprint density at radius 1 is 0.969 bits per heavy atom. The van der Waals surface area contributed by atoms with Crippen LogP contribution in [0.4, 0.5) is 19.3 Å². The maximum Gasteiger partial charge on any atom is 0.411 e. The third kappa shape index (κ3) is 6.66. The number of esters is 2. The fourth-order valence-corrected chi connectivity index (χ4v) is 2.93. The van der Waals surface area contributed by atoms with E-state index in [1.165, 1.54) is 21.3 Å². The molecule has 0 bridgehead atoms. The Hall–Kier alpha value is -3.69. The van der Waals surface area contributed by atoms with Gasteiger partial charge in [0, 0.05) is 12.5 Å². The van der Waals surface area contributed by atoms with E-state index in [1.54, 1.807) is 18.2 Å². The van der Waals surface area contributed by atoms with Crippen molar-refractivity contribution in [1.82, 2.24) is 0 Å². The number of amides is 1. The van der Waals surface area contributed by atoms with E-state index in [1.807, 2.05) is 0 Å². The number of nitrogens with one attached hydrogen (secondary N) is 1. The van der Waals surface area contributed by atoms with Gasteiger partial charge in [0.1, 0.15) is 17.4 Å². The molecule has 0 spiro atoms. The standard InChI is InChI=1S/C22H23F2NO7/c1-29-19-7-4-13(11-16(20(26)30-2)21(27)31-3)10-14(19)8-9-32-22(28)25-18-6-5-15(23)12-17(18)24/h4-7,10,12,16H,8-9,11H2,1-3H3,(H,25,28). The van der Waals surface area contributed by atoms with Crippen LogP contribution in [0.25, 0.3) is 0 Å². The summed E-state index contributed by atoms with van der Waals surface area (Å²) in [5.41, 5.74) is 1.08. The smallest absolute Gasteiger partial charge is 0.411 e. The number of hydrogen-bond donors (Lipinski definition) is 1. The summed E-state index contributed by atoms with van der Waals surface area (Å²) < 4.78 is 46.2. The first-order chi connectivity index (χ1) is 15.3. The SMILES string of the molecule is COC(=O)C(Cc1ccc(OC)c(CCOC(=O)Nc2ccc(F)cc2F)c1)C(=O)OC. The number of ether oxygens (including phenoxy) is 4. The Morgan fingerprint density at radius 3 is 2.25 bits per heavy atom. The maximum atomic E-state index is 13.6. The number of rotatable bonds is 9. The molecule has 2 rings (SSSR count). The monoisotopic (exact) mass is 451 g/mol. The summed E-state index contributed by atoms with van der Waals surface area (Å²) in [6, 6.07) is 7.78. The Balaban J connectivity index is 2.03. The van der Waals surface area contributed by atoms with Crippen molar-refractivity contribution in [2.75, 3.05) is 33.3 Å². The van der Waals surface area contributed by atoms with Crippen molar-refractivity contribution >= 4 is 23.7 Å². The Bertz CT molecular complexity index is 965. The van der Waals surface area contributed by atoms with Crippen LogP contribution in [0.15, 0.2) is 36.4 Å². The average molecular weight is 451 g/mol. The number of carbonyl (C=O) groups excluding carboxylic acids is 3. The van der Waals surface area contributed by atoms with Gasteiger partial charge in [0.15, 0.2) is 5.92 Å². The van der Waals surface area contributed by atoms with Crippen molar-refractivity contribution in [3.05, 3.63) is 59.2 Å². The summed E-state index contributed by atoms with van der Waals surface area (Å²) in [5.74, 6) is -3.75. The highest BCUT2D eigenvalue weighted by atomic mass is 19.1. The first-order valence-corrected chi connectivity index (χ1v) is 9.49. The van der Waals surface area contributed by atoms with Crippen LogP contribution in [0.3, 0.4) is 0 Å². The fraction of sp³-hybridized carbons (Fsp3) is 0.318. The summed E-state index contributed by atoms with van der Waals surface area (Å²) in [5, 5.41) is 2.19. The highest BCUT2D eigenvalue weighted by Crippen LogP contribution is 2.23. The summed E-state index contributed by atoms with van der Waals surface area (Å²) >= 11 is 0. The third-order valence-electron chi connectivity index (χ3n) is 4.53. The van der Waals surface area contributed by atoms with Crippen molar-refractivity contribution < 1.29 is 42.1 Å². The van der Waals surface area contributed by atoms with Gasteiger partial charge >= 0.3 is 18.0 Å². The van der Waals surface area contributed by atoms with Crippen LogP contribution in [0.1, 0.15) is 11.1 Å². The van der Waals surface area contributed by atoms with Crippen LogP contribution < -0.4 is 10.1 Å². The Morgan fingerprint density at radius 2 is 1.66 bits per heavy atom. The van der Waals surface area contributed by atoms with Crippen molar-refractivity contribution in [3.63, 3.8) is 0 Å². The summed E-state index contributed by atoms with van der Waals surface area (Å²) in [7, 11) is 3.82. The summed E-state index contributed by atoms with van der Waals surface area (Å²) in [4.78, 5) is 35.7. The van der Waals surface area contributed by atoms with Gasteiger partial charge in [-0.3, -0.25) is 14.9 Å². The molecule has 0 aliphatic rings. The van der Waals surface area contributed by atoms with Crippen LogP contribution in [0.2, 0.25) is 0 Å². The molecule has 2 aromatic rings. The zero-order valence-corrected chi connectivity index (χ0v) is 17.8. The topological polar surface area (TPSA) is 100 Å². The van der Waals surface area contributed by atoms with E-state index in [0.29, 0.717) is 22.9 Å². The first kappa shape index (κ1) is 24.6. The fourth-order valence-electron chi connectivity index (χ4n) is 2.93. The van der Waals surface area contributed by atoms with Gasteiger partial charge < -0.3 is 18.9 Å². The van der Waals surface area contributed by atoms with E-state index in [9.17, 15) is 23.2 Å². The molecule has 0 unspecified atom stereocenters. The molecule has 0 saturated carbocycles. The lowest BCUT2D eigenvalue weighted by atomic mass is 9.97. The van der Waals surface area contributed by atoms with E-state index in [2.05, 4.69) is 14.8 Å². The summed E-state index contributed by atoms with van der Waals surface area (Å²) in [6.07, 6.45) is -0.638. The molecule has 8 nitrogen and oxygen atoms in total. The molecule has 0 fully saturated rings. The second-order valence-electron chi connectivity index (χ2n) is 6.58. The Labute approximate surface area is 183 Å². The van der Waals surface area contributed by atoms with E-state index >= 15 is 0 Å². The van der Waals surface area contributed by atoms with Crippen LogP contribution in [-0.2, 0) is 36.6 Å². The zero-order chi connectivity index (χ0) is 23.7. The molecule has 0 aromatic heterocycles. The molecule has 0 radical (unpaired) electrons. The second kappa shape index (κ2) is 11.6. The van der Waals surface area contributed by atoms with Gasteiger partial charge in [0.2, 0.25) is 0 Å². The lowest BCUT2D eigenvalue weighted by Gasteiger charge is -2.15. The number of methoxy groups -OCH3 is 3. The summed E-state index contributed by atoms with van der Waals surface area (Å²) in [6.45, 7) is -0.0775. The molecule has 32 heavy (non-hydrogen) atoms. The van der Waals surface area contributed by atoms with Crippen LogP contribution >= 0.6 is 0 Å². The molecule has 10 heteroatoms. The van der Waals surface area contributed by atoms with Crippen LogP contribution in [0.5, 0.6) is 5.75 Å². The predicted molar refractivity (Wildman–Crippen MR) is 109 cm³/mol. The number of anilines is 1. The maximum absolute atomic E-state index is 13.6. The van der Waals surface area contributed by atoms with Crippen molar-refractivity contribution in [3.8, 4) is 5.75 Å². The zero-order valence-electron chi connectivity index (χ0n) is 17.8. The van der Waals surface area contributed by atoms with Crippen molar-refractivity contribution in [2.45, 2.75) is 12.8 Å². The van der Waals surface area contributed by atoms with Gasteiger partial charge in [0.05, 0.1) is 33.6 Å². The minimum atomic E-state index is -1.13. The third-order valence-corrected chi connectivity index (χ3v) is 4.53. The lowest BCUT2D eigenvalue weighted by Crippen LogP contribution is -2.28. The van der Waals surface area contributed by atoms with Gasteiger partial charge in [-0.2, -0.15) is 0 Å². The quantitative estimate of drug-likeness (QED) is 0.355. The molecule has 0 saturated heterocycles. The number of halogens is 2. The molecular formula is C22H23F2NO7. The van der Waals surface area contributed by atoms with E-state index in [4.69, 9.17) is 9.47 Å². The average Bonchev–Trinajstić information content (AvgIpc) is 2.78. The van der Waals surface area contributed by atoms with E-state index < -0.39 is 35.6 Å². The minimum absolute atomic E-state index is 0.0432. The first-order valence-electron chi connectivity index (χ1n) is 9.49. The number of benzene rings is 2. The second-order valence-corrected chi connectivity index (χ2v) is 6.58. The largest absolute Gasteiger partial charge is 0.496 e. The van der Waals surface area contributed by atoms with E-state index in [0.717, 1.165) is 12.1 Å². The van der Waals surface area contributed by atoms with E-state index in [-0.39, 0.29) is 25.1 Å². The van der Waals surface area contributed by atoms with Gasteiger partial charge in [-0.25, -0.2) is 13.6 Å². The number of carbonyl (C=O) groups is 3. The predicted octanol–water partition coefficient (Wildman–Crippen LogP) is 3.27. The molecule has 0 aliphatic heterocycles. The molecule has 1 N–H and O–H groups in total. The van der Waals surface area contributed by atoms with Crippen LogP contribution in [0, 0.1) is 17.6 Å². The van der Waals surface area contributed by atoms with Gasteiger partial charge in [-0.15, -0.1) is 0 Å². The molecule has 1 amide bonds. The molecule has 2 aromatic carbocycles. The molecule has 172 valence electrons. The molecular weight excluding hydrogens is 428 g/mol. The van der Waals surface area contributed by atoms with Crippen molar-refractivity contribution in [1.29, 1.82) is 0 Å². The Kier molecular flexibility index (Phi) is 8.94. The van der Waals surface area contributed by atoms with Gasteiger partial charge in [-0.05, 0) is 35.7 Å². The highest BCUT2D eigenvalue weighted by Gasteiger charge is 2.29. The lowest BCUT2D eigenvalue weighted by molar-refractivity contribution is -0.158. The molecule has 0 atom stereocenters. The molecule has 0 aliphatic carbocycles. The van der Waals surface area contributed by atoms with Gasteiger partial charge in [-0.1, -0.05) is 12.1 Å². The van der Waals surface area contributed by atoms with Crippen molar-refractivity contribution in [2.24, 2.45) is 5.92 Å². The number of hydrogen-bond acceptors (Lipinski definition) is 7. The normalized spacial score (nSPS) is 10.4. The minimum Gasteiger partial charge on any atom is -0.496 e. The van der Waals surface area contributed by atoms with Crippen LogP contribution in [-0.4, -0.2) is 46.0 Å². The highest BCUT2D eigenvalue weighted by molar-refractivity contribution is 5.95. The molecule has 0 heterocycles. The van der Waals surface area contributed by atoms with Gasteiger partial charge in [0.25, 0.3) is 0 Å².